The lowest BCUT2D eigenvalue weighted by atomic mass is 10.0. The lowest BCUT2D eigenvalue weighted by Crippen LogP contribution is -2.52. The first-order chi connectivity index (χ1) is 8.91. The molecule has 1 aromatic rings. The van der Waals surface area contributed by atoms with Gasteiger partial charge in [-0.15, -0.1) is 0 Å². The van der Waals surface area contributed by atoms with Gasteiger partial charge in [0.05, 0.1) is 5.69 Å². The molecule has 0 radical (unpaired) electrons. The molecule has 0 aliphatic carbocycles. The summed E-state index contributed by atoms with van der Waals surface area (Å²) in [6.45, 7) is 1.12. The summed E-state index contributed by atoms with van der Waals surface area (Å²) in [5, 5.41) is 11.4. The van der Waals surface area contributed by atoms with Crippen molar-refractivity contribution in [3.63, 3.8) is 0 Å². The van der Waals surface area contributed by atoms with Crippen molar-refractivity contribution in [3.05, 3.63) is 27.8 Å². The summed E-state index contributed by atoms with van der Waals surface area (Å²) < 4.78 is 0.925. The topological polar surface area (TPSA) is 89.9 Å². The van der Waals surface area contributed by atoms with Crippen LogP contribution in [0.5, 0.6) is 0 Å². The van der Waals surface area contributed by atoms with Crippen molar-refractivity contribution >= 4 is 51.9 Å². The fourth-order valence-electron chi connectivity index (χ4n) is 1.71. The fourth-order valence-corrected chi connectivity index (χ4v) is 2.07. The second kappa shape index (κ2) is 5.08. The van der Waals surface area contributed by atoms with Gasteiger partial charge in [0.15, 0.2) is 0 Å². The molecule has 0 bridgehead atoms. The number of benzene rings is 1. The predicted molar refractivity (Wildman–Crippen MR) is 73.6 cm³/mol. The third-order valence-electron chi connectivity index (χ3n) is 2.60. The molecule has 1 aromatic carbocycles. The lowest BCUT2D eigenvalue weighted by Gasteiger charge is -2.30. The molecule has 6 nitrogen and oxygen atoms in total. The summed E-state index contributed by atoms with van der Waals surface area (Å²) in [4.78, 5) is 39.0. The Labute approximate surface area is 122 Å². The van der Waals surface area contributed by atoms with Gasteiger partial charge in [-0.1, -0.05) is 0 Å². The van der Waals surface area contributed by atoms with E-state index in [9.17, 15) is 19.5 Å². The van der Waals surface area contributed by atoms with Crippen LogP contribution < -0.4 is 10.0 Å². The number of carbonyl (C=O) groups excluding carboxylic acids is 3. The first kappa shape index (κ1) is 13.7. The van der Waals surface area contributed by atoms with Gasteiger partial charge in [0.25, 0.3) is 5.91 Å². The highest BCUT2D eigenvalue weighted by Gasteiger charge is 2.37. The normalized spacial score (nSPS) is 19.4. The van der Waals surface area contributed by atoms with Crippen LogP contribution in [0.15, 0.2) is 29.3 Å². The highest BCUT2D eigenvalue weighted by atomic mass is 127. The molecule has 0 fully saturated rings. The zero-order valence-corrected chi connectivity index (χ0v) is 11.9. The van der Waals surface area contributed by atoms with E-state index in [0.29, 0.717) is 0 Å². The number of carbonyl (C=O) groups is 3. The van der Waals surface area contributed by atoms with Crippen LogP contribution in [0.1, 0.15) is 6.92 Å². The molecule has 1 aliphatic rings. The summed E-state index contributed by atoms with van der Waals surface area (Å²) in [5.41, 5.74) is 0.290. The van der Waals surface area contributed by atoms with E-state index < -0.39 is 29.5 Å². The van der Waals surface area contributed by atoms with Crippen molar-refractivity contribution in [2.75, 3.05) is 4.90 Å². The van der Waals surface area contributed by atoms with E-state index in [2.05, 4.69) is 27.6 Å². The molecule has 0 saturated heterocycles. The quantitative estimate of drug-likeness (QED) is 0.566. The number of hydrogen-bond donors (Lipinski definition) is 0. The maximum absolute atomic E-state index is 12.1. The second-order valence-corrected chi connectivity index (χ2v) is 5.17. The fraction of sp³-hybridized carbons (Fsp3) is 0.167. The number of nitrogens with zero attached hydrogens (tertiary/aromatic N) is 2. The molecule has 1 heterocycles. The molecule has 0 saturated carbocycles. The van der Waals surface area contributed by atoms with Crippen LogP contribution in [0, 0.1) is 9.49 Å². The number of aliphatic imine (C=N–C) groups is 1. The smallest absolute Gasteiger partial charge is 0.353 e. The van der Waals surface area contributed by atoms with Gasteiger partial charge in [0.1, 0.15) is 11.7 Å². The molecule has 3 amide bonds. The van der Waals surface area contributed by atoms with Crippen molar-refractivity contribution in [2.45, 2.75) is 6.92 Å². The van der Waals surface area contributed by atoms with Gasteiger partial charge in [0, 0.05) is 3.57 Å². The molecule has 98 valence electrons. The minimum absolute atomic E-state index is 0.290. The molecule has 19 heavy (non-hydrogen) atoms. The van der Waals surface area contributed by atoms with Gasteiger partial charge in [-0.3, -0.25) is 9.59 Å². The Hall–Kier alpha value is -1.77. The largest absolute Gasteiger partial charge is 0.861 e. The molecular weight excluding hydrogens is 363 g/mol. The first-order valence-corrected chi connectivity index (χ1v) is 6.39. The molecular formula is C12H8IN2O4-. The van der Waals surface area contributed by atoms with Crippen LogP contribution in [0.2, 0.25) is 0 Å². The Kier molecular flexibility index (Phi) is 3.65. The monoisotopic (exact) mass is 371 g/mol. The van der Waals surface area contributed by atoms with Gasteiger partial charge in [-0.05, 0) is 59.7 Å². The van der Waals surface area contributed by atoms with E-state index in [-0.39, 0.29) is 5.69 Å². The van der Waals surface area contributed by atoms with Gasteiger partial charge in [0.2, 0.25) is 0 Å². The SMILES string of the molecule is CC(=O)C1C(=O)N(c2ccc(I)cc2)C(=O)N=C1[O-]. The molecule has 0 spiro atoms. The number of halogens is 1. The minimum atomic E-state index is -1.52. The van der Waals surface area contributed by atoms with Gasteiger partial charge in [-0.2, -0.15) is 0 Å². The van der Waals surface area contributed by atoms with Crippen LogP contribution in [0.4, 0.5) is 10.5 Å². The third-order valence-corrected chi connectivity index (χ3v) is 3.32. The third kappa shape index (κ3) is 2.50. The highest BCUT2D eigenvalue weighted by molar-refractivity contribution is 14.1. The molecule has 7 heteroatoms. The first-order valence-electron chi connectivity index (χ1n) is 5.31. The van der Waals surface area contributed by atoms with E-state index >= 15 is 0 Å². The number of urea groups is 1. The minimum Gasteiger partial charge on any atom is -0.861 e. The Balaban J connectivity index is 2.46. The highest BCUT2D eigenvalue weighted by Crippen LogP contribution is 2.23. The van der Waals surface area contributed by atoms with E-state index in [0.717, 1.165) is 15.4 Å². The van der Waals surface area contributed by atoms with Crippen LogP contribution in [-0.2, 0) is 9.59 Å². The van der Waals surface area contributed by atoms with Crippen molar-refractivity contribution in [1.29, 1.82) is 0 Å². The number of ketones is 1. The Morgan fingerprint density at radius 1 is 1.32 bits per heavy atom. The Bertz CT molecular complexity index is 594. The zero-order valence-electron chi connectivity index (χ0n) is 9.79. The summed E-state index contributed by atoms with van der Waals surface area (Å²) in [6.07, 6.45) is 0. The standard InChI is InChI=1S/C12H9IN2O4/c1-6(16)9-10(17)14-12(19)15(11(9)18)8-4-2-7(13)3-5-8/h2-5,9H,1H3,(H,14,17,19)/p-1. The van der Waals surface area contributed by atoms with Gasteiger partial charge < -0.3 is 5.11 Å². The number of anilines is 1. The molecule has 0 aromatic heterocycles. The maximum Gasteiger partial charge on any atom is 0.353 e. The second-order valence-electron chi connectivity index (χ2n) is 3.93. The number of imide groups is 1. The zero-order chi connectivity index (χ0) is 14.2. The Morgan fingerprint density at radius 3 is 2.42 bits per heavy atom. The lowest BCUT2D eigenvalue weighted by molar-refractivity contribution is -0.222. The van der Waals surface area contributed by atoms with Crippen molar-refractivity contribution < 1.29 is 19.5 Å². The molecule has 1 atom stereocenters. The van der Waals surface area contributed by atoms with Crippen molar-refractivity contribution in [3.8, 4) is 0 Å². The maximum atomic E-state index is 12.1. The number of rotatable bonds is 2. The summed E-state index contributed by atoms with van der Waals surface area (Å²) >= 11 is 2.08. The summed E-state index contributed by atoms with van der Waals surface area (Å²) in [5.74, 6) is -3.98. The average molecular weight is 371 g/mol. The van der Waals surface area contributed by atoms with Crippen molar-refractivity contribution in [1.82, 2.24) is 0 Å². The van der Waals surface area contributed by atoms with E-state index in [1.54, 1.807) is 24.3 Å². The molecule has 0 N–H and O–H groups in total. The summed E-state index contributed by atoms with van der Waals surface area (Å²) in [7, 11) is 0. The average Bonchev–Trinajstić information content (AvgIpc) is 2.30. The molecule has 1 unspecified atom stereocenters. The van der Waals surface area contributed by atoms with Crippen molar-refractivity contribution in [2.24, 2.45) is 10.9 Å². The van der Waals surface area contributed by atoms with E-state index in [1.807, 2.05) is 0 Å². The number of amides is 3. The van der Waals surface area contributed by atoms with Crippen LogP contribution in [0.3, 0.4) is 0 Å². The molecule has 1 aliphatic heterocycles. The van der Waals surface area contributed by atoms with Crippen LogP contribution in [0.25, 0.3) is 0 Å². The van der Waals surface area contributed by atoms with Crippen LogP contribution in [-0.4, -0.2) is 23.6 Å². The molecule has 2 rings (SSSR count). The van der Waals surface area contributed by atoms with E-state index in [1.165, 1.54) is 0 Å². The summed E-state index contributed by atoms with van der Waals surface area (Å²) in [6, 6.07) is 5.56. The van der Waals surface area contributed by atoms with Crippen LogP contribution >= 0.6 is 22.6 Å². The van der Waals surface area contributed by atoms with Gasteiger partial charge in [-0.25, -0.2) is 14.7 Å². The number of Topliss-reactive ketones (excluding diaryl/α,β-unsaturated/α-hetero) is 1. The number of hydrogen-bond acceptors (Lipinski definition) is 4. The van der Waals surface area contributed by atoms with Gasteiger partial charge >= 0.3 is 6.03 Å². The van der Waals surface area contributed by atoms with E-state index in [4.69, 9.17) is 0 Å². The predicted octanol–water partition coefficient (Wildman–Crippen LogP) is 0.722. The Morgan fingerprint density at radius 2 is 1.89 bits per heavy atom.